The molecule has 0 aliphatic carbocycles. The molecule has 0 bridgehead atoms. The van der Waals surface area contributed by atoms with Crippen molar-refractivity contribution in [2.75, 3.05) is 5.75 Å². The first-order valence-electron chi connectivity index (χ1n) is 7.99. The zero-order valence-electron chi connectivity index (χ0n) is 14.5. The third-order valence-electron chi connectivity index (χ3n) is 3.91. The maximum absolute atomic E-state index is 12.7. The number of carbonyl (C=O) groups is 1. The maximum atomic E-state index is 12.7. The summed E-state index contributed by atoms with van der Waals surface area (Å²) < 4.78 is 3.20. The molecule has 9 heteroatoms. The van der Waals surface area contributed by atoms with Crippen LogP contribution in [0.25, 0.3) is 16.7 Å². The third-order valence-corrected chi connectivity index (χ3v) is 4.84. The number of nitrogens with zero attached hydrogens (tertiary/aromatic N) is 5. The van der Waals surface area contributed by atoms with Crippen molar-refractivity contribution < 1.29 is 4.79 Å². The Hall–Kier alpha value is -3.38. The predicted octanol–water partition coefficient (Wildman–Crippen LogP) is 1.65. The van der Waals surface area contributed by atoms with Crippen LogP contribution in [0.4, 0.5) is 0 Å². The van der Waals surface area contributed by atoms with Gasteiger partial charge in [0.1, 0.15) is 11.6 Å². The second kappa shape index (κ2) is 7.47. The standard InChI is InChI=1S/C18H16N6O2S/c1-3-8-23-16(26)12-6-4-5-7-14(12)24-17(23)21-22-18(24)27-10-15(25)13(9-19)11(2)20/h3-7H,1,8,10,20H2,2H3/b13-11+. The van der Waals surface area contributed by atoms with Gasteiger partial charge in [0.15, 0.2) is 10.9 Å². The predicted molar refractivity (Wildman–Crippen MR) is 103 cm³/mol. The van der Waals surface area contributed by atoms with Gasteiger partial charge in [-0.1, -0.05) is 30.0 Å². The van der Waals surface area contributed by atoms with E-state index in [2.05, 4.69) is 16.8 Å². The summed E-state index contributed by atoms with van der Waals surface area (Å²) in [7, 11) is 0. The second-order valence-electron chi connectivity index (χ2n) is 5.72. The van der Waals surface area contributed by atoms with Gasteiger partial charge in [-0.25, -0.2) is 0 Å². The molecule has 2 N–H and O–H groups in total. The first kappa shape index (κ1) is 18.4. The Bertz CT molecular complexity index is 1190. The Morgan fingerprint density at radius 3 is 2.81 bits per heavy atom. The maximum Gasteiger partial charge on any atom is 0.263 e. The second-order valence-corrected chi connectivity index (χ2v) is 6.66. The molecule has 0 spiro atoms. The zero-order chi connectivity index (χ0) is 19.6. The van der Waals surface area contributed by atoms with E-state index in [-0.39, 0.29) is 34.9 Å². The van der Waals surface area contributed by atoms with Crippen LogP contribution in [0.1, 0.15) is 6.92 Å². The van der Waals surface area contributed by atoms with Crippen LogP contribution in [0.15, 0.2) is 58.1 Å². The molecule has 2 heterocycles. The lowest BCUT2D eigenvalue weighted by atomic mass is 10.2. The largest absolute Gasteiger partial charge is 0.401 e. The van der Waals surface area contributed by atoms with E-state index in [0.717, 1.165) is 11.8 Å². The fraction of sp³-hybridized carbons (Fsp3) is 0.167. The van der Waals surface area contributed by atoms with E-state index in [9.17, 15) is 9.59 Å². The van der Waals surface area contributed by atoms with E-state index in [0.29, 0.717) is 21.8 Å². The van der Waals surface area contributed by atoms with Gasteiger partial charge in [-0.2, -0.15) is 5.26 Å². The lowest BCUT2D eigenvalue weighted by Gasteiger charge is -2.09. The van der Waals surface area contributed by atoms with Gasteiger partial charge in [-0.15, -0.1) is 16.8 Å². The molecule has 0 aliphatic rings. The number of nitriles is 1. The monoisotopic (exact) mass is 380 g/mol. The molecule has 0 unspecified atom stereocenters. The molecule has 2 aromatic heterocycles. The minimum Gasteiger partial charge on any atom is -0.401 e. The molecule has 0 amide bonds. The van der Waals surface area contributed by atoms with Crippen LogP contribution < -0.4 is 11.3 Å². The molecule has 0 saturated heterocycles. The molecule has 3 aromatic rings. The zero-order valence-corrected chi connectivity index (χ0v) is 15.4. The summed E-state index contributed by atoms with van der Waals surface area (Å²) in [6, 6.07) is 8.94. The van der Waals surface area contributed by atoms with Gasteiger partial charge < -0.3 is 5.73 Å². The number of Topliss-reactive ketones (excluding diaryl/α,β-unsaturated/α-hetero) is 1. The normalized spacial score (nSPS) is 12.0. The van der Waals surface area contributed by atoms with Gasteiger partial charge in [0.05, 0.1) is 16.7 Å². The first-order chi connectivity index (χ1) is 13.0. The lowest BCUT2D eigenvalue weighted by Crippen LogP contribution is -2.22. The number of hydrogen-bond donors (Lipinski definition) is 1. The average molecular weight is 380 g/mol. The van der Waals surface area contributed by atoms with Crippen LogP contribution >= 0.6 is 11.8 Å². The fourth-order valence-electron chi connectivity index (χ4n) is 2.69. The molecule has 0 aliphatic heterocycles. The fourth-order valence-corrected chi connectivity index (χ4v) is 3.51. The van der Waals surface area contributed by atoms with Gasteiger partial charge in [0.25, 0.3) is 5.56 Å². The van der Waals surface area contributed by atoms with Crippen molar-refractivity contribution in [3.8, 4) is 6.07 Å². The summed E-state index contributed by atoms with van der Waals surface area (Å²) in [6.07, 6.45) is 1.61. The molecular weight excluding hydrogens is 364 g/mol. The molecule has 1 aromatic carbocycles. The highest BCUT2D eigenvalue weighted by Gasteiger charge is 2.18. The van der Waals surface area contributed by atoms with Gasteiger partial charge in [-0.05, 0) is 19.1 Å². The summed E-state index contributed by atoms with van der Waals surface area (Å²) in [5, 5.41) is 18.3. The van der Waals surface area contributed by atoms with Crippen molar-refractivity contribution in [3.63, 3.8) is 0 Å². The molecule has 3 rings (SSSR count). The topological polar surface area (TPSA) is 119 Å². The van der Waals surface area contributed by atoms with Crippen molar-refractivity contribution >= 4 is 34.2 Å². The van der Waals surface area contributed by atoms with Crippen LogP contribution in [-0.2, 0) is 11.3 Å². The number of rotatable bonds is 6. The lowest BCUT2D eigenvalue weighted by molar-refractivity contribution is -0.112. The molecule has 0 fully saturated rings. The Balaban J connectivity index is 2.12. The van der Waals surface area contributed by atoms with E-state index in [4.69, 9.17) is 11.0 Å². The summed E-state index contributed by atoms with van der Waals surface area (Å²) in [5.74, 6) is -0.0461. The Morgan fingerprint density at radius 1 is 1.41 bits per heavy atom. The van der Waals surface area contributed by atoms with Gasteiger partial charge in [-0.3, -0.25) is 18.6 Å². The number of nitrogens with two attached hydrogens (primary N) is 1. The molecule has 0 radical (unpaired) electrons. The minimum absolute atomic E-state index is 0.0207. The Kier molecular flexibility index (Phi) is 5.09. The number of para-hydroxylation sites is 1. The highest BCUT2D eigenvalue weighted by molar-refractivity contribution is 7.99. The first-order valence-corrected chi connectivity index (χ1v) is 8.98. The van der Waals surface area contributed by atoms with E-state index in [1.807, 2.05) is 12.1 Å². The summed E-state index contributed by atoms with van der Waals surface area (Å²) >= 11 is 1.13. The van der Waals surface area contributed by atoms with E-state index in [1.165, 1.54) is 11.5 Å². The number of fused-ring (bicyclic) bond motifs is 3. The summed E-state index contributed by atoms with van der Waals surface area (Å²) in [5.41, 5.74) is 6.15. The molecular formula is C18H16N6O2S. The van der Waals surface area contributed by atoms with E-state index < -0.39 is 0 Å². The molecule has 8 nitrogen and oxygen atoms in total. The third kappa shape index (κ3) is 3.22. The summed E-state index contributed by atoms with van der Waals surface area (Å²) in [6.45, 7) is 5.47. The molecule has 136 valence electrons. The molecule has 27 heavy (non-hydrogen) atoms. The number of carbonyl (C=O) groups excluding carboxylic acids is 1. The number of ketones is 1. The highest BCUT2D eigenvalue weighted by atomic mass is 32.2. The van der Waals surface area contributed by atoms with Crippen LogP contribution in [0, 0.1) is 11.3 Å². The quantitative estimate of drug-likeness (QED) is 0.299. The highest BCUT2D eigenvalue weighted by Crippen LogP contribution is 2.22. The Labute approximate surface area is 158 Å². The Morgan fingerprint density at radius 2 is 2.15 bits per heavy atom. The minimum atomic E-state index is -0.386. The van der Waals surface area contributed by atoms with Crippen LogP contribution in [0.5, 0.6) is 0 Å². The smallest absolute Gasteiger partial charge is 0.263 e. The van der Waals surface area contributed by atoms with E-state index >= 15 is 0 Å². The van der Waals surface area contributed by atoms with Gasteiger partial charge >= 0.3 is 0 Å². The number of aromatic nitrogens is 4. The molecule has 0 saturated carbocycles. The van der Waals surface area contributed by atoms with Crippen LogP contribution in [0.2, 0.25) is 0 Å². The van der Waals surface area contributed by atoms with Crippen molar-refractivity contribution in [2.24, 2.45) is 5.73 Å². The number of allylic oxidation sites excluding steroid dienone is 3. The van der Waals surface area contributed by atoms with Crippen molar-refractivity contribution in [1.29, 1.82) is 5.26 Å². The molecule has 0 atom stereocenters. The number of thioether (sulfide) groups is 1. The van der Waals surface area contributed by atoms with Gasteiger partial charge in [0.2, 0.25) is 5.78 Å². The van der Waals surface area contributed by atoms with Crippen LogP contribution in [-0.4, -0.2) is 30.7 Å². The van der Waals surface area contributed by atoms with E-state index in [1.54, 1.807) is 28.7 Å². The SMILES string of the molecule is C=CCn1c(=O)c2ccccc2n2c(SCC(=O)/C(C#N)=C(\C)N)nnc12. The van der Waals surface area contributed by atoms with Crippen molar-refractivity contribution in [1.82, 2.24) is 19.2 Å². The van der Waals surface area contributed by atoms with Crippen molar-refractivity contribution in [2.45, 2.75) is 18.6 Å². The summed E-state index contributed by atoms with van der Waals surface area (Å²) in [4.78, 5) is 25.0. The average Bonchev–Trinajstić information content (AvgIpc) is 3.07. The number of benzene rings is 1. The van der Waals surface area contributed by atoms with Gasteiger partial charge in [0, 0.05) is 12.2 Å². The van der Waals surface area contributed by atoms with Crippen LogP contribution in [0.3, 0.4) is 0 Å². The number of hydrogen-bond acceptors (Lipinski definition) is 7. The van der Waals surface area contributed by atoms with Crippen molar-refractivity contribution in [3.05, 3.63) is 58.5 Å².